The second kappa shape index (κ2) is 7.24. The Morgan fingerprint density at radius 3 is 2.48 bits per heavy atom. The number of aromatic carboxylic acids is 1. The van der Waals surface area contributed by atoms with Gasteiger partial charge in [0, 0.05) is 12.1 Å². The van der Waals surface area contributed by atoms with E-state index in [0.717, 1.165) is 12.0 Å². The largest absolute Gasteiger partial charge is 0.478 e. The van der Waals surface area contributed by atoms with E-state index in [1.165, 1.54) is 12.1 Å². The molecule has 0 saturated carbocycles. The van der Waals surface area contributed by atoms with E-state index in [0.29, 0.717) is 12.1 Å². The molecule has 0 aliphatic rings. The smallest absolute Gasteiger partial charge is 0.335 e. The predicted octanol–water partition coefficient (Wildman–Crippen LogP) is 3.00. The summed E-state index contributed by atoms with van der Waals surface area (Å²) in [5.74, 6) is -0.881. The van der Waals surface area contributed by atoms with Crippen molar-refractivity contribution in [2.45, 2.75) is 12.8 Å². The predicted molar refractivity (Wildman–Crippen MR) is 81.7 cm³/mol. The molecule has 0 spiro atoms. The van der Waals surface area contributed by atoms with Crippen molar-refractivity contribution in [3.63, 3.8) is 0 Å². The van der Waals surface area contributed by atoms with Crippen LogP contribution < -0.4 is 5.32 Å². The Morgan fingerprint density at radius 2 is 1.76 bits per heavy atom. The Kier molecular flexibility index (Phi) is 5.10. The fraction of sp³-hybridized carbons (Fsp3) is 0.176. The molecule has 0 radical (unpaired) electrons. The number of carboxylic acids is 1. The highest BCUT2D eigenvalue weighted by Crippen LogP contribution is 2.10. The standard InChI is InChI=1S/C17H17NO3/c19-16(10-9-13-5-2-1-3-6-13)12-18-15-8-4-7-14(11-15)17(20)21/h1-8,11,18H,9-10,12H2,(H,20,21). The highest BCUT2D eigenvalue weighted by atomic mass is 16.4. The molecule has 0 aliphatic heterocycles. The van der Waals surface area contributed by atoms with Crippen molar-refractivity contribution < 1.29 is 14.7 Å². The van der Waals surface area contributed by atoms with Crippen LogP contribution in [0.25, 0.3) is 0 Å². The first-order valence-corrected chi connectivity index (χ1v) is 6.78. The van der Waals surface area contributed by atoms with E-state index in [-0.39, 0.29) is 17.9 Å². The van der Waals surface area contributed by atoms with E-state index in [4.69, 9.17) is 5.11 Å². The summed E-state index contributed by atoms with van der Waals surface area (Å²) >= 11 is 0. The molecule has 0 heterocycles. The number of ketones is 1. The third-order valence-electron chi connectivity index (χ3n) is 3.13. The number of carbonyl (C=O) groups is 2. The zero-order valence-electron chi connectivity index (χ0n) is 11.6. The molecule has 2 rings (SSSR count). The minimum atomic E-state index is -0.978. The molecule has 0 aromatic heterocycles. The van der Waals surface area contributed by atoms with Crippen LogP contribution in [0.15, 0.2) is 54.6 Å². The van der Waals surface area contributed by atoms with Gasteiger partial charge in [-0.2, -0.15) is 0 Å². The van der Waals surface area contributed by atoms with Crippen LogP contribution in [-0.2, 0) is 11.2 Å². The van der Waals surface area contributed by atoms with Crippen LogP contribution in [0.4, 0.5) is 5.69 Å². The summed E-state index contributed by atoms with van der Waals surface area (Å²) in [6, 6.07) is 16.3. The Balaban J connectivity index is 1.81. The lowest BCUT2D eigenvalue weighted by Gasteiger charge is -2.06. The molecule has 2 aromatic carbocycles. The molecule has 0 aliphatic carbocycles. The third-order valence-corrected chi connectivity index (χ3v) is 3.13. The number of rotatable bonds is 7. The number of benzene rings is 2. The molecule has 0 bridgehead atoms. The van der Waals surface area contributed by atoms with Crippen LogP contribution in [0, 0.1) is 0 Å². The number of carboxylic acid groups (broad SMARTS) is 1. The Labute approximate surface area is 123 Å². The van der Waals surface area contributed by atoms with Gasteiger partial charge in [0.05, 0.1) is 12.1 Å². The first kappa shape index (κ1) is 14.8. The number of hydrogen-bond acceptors (Lipinski definition) is 3. The van der Waals surface area contributed by atoms with Crippen LogP contribution in [0.1, 0.15) is 22.3 Å². The second-order valence-electron chi connectivity index (χ2n) is 4.76. The van der Waals surface area contributed by atoms with Gasteiger partial charge in [0.15, 0.2) is 5.78 Å². The van der Waals surface area contributed by atoms with Gasteiger partial charge in [-0.3, -0.25) is 4.79 Å². The van der Waals surface area contributed by atoms with Crippen LogP contribution in [-0.4, -0.2) is 23.4 Å². The van der Waals surface area contributed by atoms with Crippen molar-refractivity contribution in [3.05, 3.63) is 65.7 Å². The minimum absolute atomic E-state index is 0.0968. The second-order valence-corrected chi connectivity index (χ2v) is 4.76. The molecule has 4 heteroatoms. The molecule has 0 saturated heterocycles. The van der Waals surface area contributed by atoms with Gasteiger partial charge in [-0.15, -0.1) is 0 Å². The van der Waals surface area contributed by atoms with Crippen LogP contribution in [0.2, 0.25) is 0 Å². The normalized spacial score (nSPS) is 10.1. The highest BCUT2D eigenvalue weighted by Gasteiger charge is 2.05. The van der Waals surface area contributed by atoms with Crippen molar-refractivity contribution in [1.29, 1.82) is 0 Å². The van der Waals surface area contributed by atoms with E-state index in [2.05, 4.69) is 5.32 Å². The fourth-order valence-corrected chi connectivity index (χ4v) is 1.98. The molecule has 2 aromatic rings. The van der Waals surface area contributed by atoms with Gasteiger partial charge in [-0.1, -0.05) is 36.4 Å². The topological polar surface area (TPSA) is 66.4 Å². The lowest BCUT2D eigenvalue weighted by Crippen LogP contribution is -2.14. The zero-order chi connectivity index (χ0) is 15.1. The molecule has 0 atom stereocenters. The van der Waals surface area contributed by atoms with Crippen LogP contribution in [0.3, 0.4) is 0 Å². The van der Waals surface area contributed by atoms with Gasteiger partial charge in [0.2, 0.25) is 0 Å². The summed E-state index contributed by atoms with van der Waals surface area (Å²) < 4.78 is 0. The zero-order valence-corrected chi connectivity index (χ0v) is 11.6. The maximum Gasteiger partial charge on any atom is 0.335 e. The number of carbonyl (C=O) groups excluding carboxylic acids is 1. The summed E-state index contributed by atoms with van der Waals surface area (Å²) in [6.45, 7) is 0.204. The molecule has 2 N–H and O–H groups in total. The summed E-state index contributed by atoms with van der Waals surface area (Å²) in [5, 5.41) is 11.9. The molecule has 4 nitrogen and oxygen atoms in total. The quantitative estimate of drug-likeness (QED) is 0.819. The Bertz CT molecular complexity index is 623. The van der Waals surface area contributed by atoms with E-state index in [9.17, 15) is 9.59 Å². The average Bonchev–Trinajstić information content (AvgIpc) is 2.52. The third kappa shape index (κ3) is 4.76. The number of hydrogen-bond donors (Lipinski definition) is 2. The maximum atomic E-state index is 11.8. The highest BCUT2D eigenvalue weighted by molar-refractivity contribution is 5.89. The van der Waals surface area contributed by atoms with Gasteiger partial charge in [-0.25, -0.2) is 4.79 Å². The molecule has 0 fully saturated rings. The van der Waals surface area contributed by atoms with Crippen molar-refractivity contribution in [3.8, 4) is 0 Å². The molecule has 108 valence electrons. The molecular weight excluding hydrogens is 266 g/mol. The number of nitrogens with one attached hydrogen (secondary N) is 1. The summed E-state index contributed by atoms with van der Waals surface area (Å²) in [5.41, 5.74) is 1.98. The SMILES string of the molecule is O=C(CCc1ccccc1)CNc1cccc(C(=O)O)c1. The molecule has 0 unspecified atom stereocenters. The van der Waals surface area contributed by atoms with Crippen molar-refractivity contribution in [2.75, 3.05) is 11.9 Å². The average molecular weight is 283 g/mol. The van der Waals surface area contributed by atoms with Gasteiger partial charge in [-0.05, 0) is 30.2 Å². The fourth-order valence-electron chi connectivity index (χ4n) is 1.98. The van der Waals surface area contributed by atoms with Gasteiger partial charge in [0.25, 0.3) is 0 Å². The van der Waals surface area contributed by atoms with Gasteiger partial charge < -0.3 is 10.4 Å². The monoisotopic (exact) mass is 283 g/mol. The summed E-state index contributed by atoms with van der Waals surface area (Å²) in [7, 11) is 0. The van der Waals surface area contributed by atoms with Gasteiger partial charge >= 0.3 is 5.97 Å². The number of anilines is 1. The van der Waals surface area contributed by atoms with E-state index in [1.807, 2.05) is 30.3 Å². The first-order chi connectivity index (χ1) is 10.1. The molecule has 0 amide bonds. The lowest BCUT2D eigenvalue weighted by molar-refractivity contribution is -0.117. The molecule has 21 heavy (non-hydrogen) atoms. The van der Waals surface area contributed by atoms with Gasteiger partial charge in [0.1, 0.15) is 0 Å². The van der Waals surface area contributed by atoms with E-state index >= 15 is 0 Å². The Hall–Kier alpha value is -2.62. The maximum absolute atomic E-state index is 11.8. The van der Waals surface area contributed by atoms with E-state index < -0.39 is 5.97 Å². The van der Waals surface area contributed by atoms with Crippen LogP contribution in [0.5, 0.6) is 0 Å². The van der Waals surface area contributed by atoms with Crippen molar-refractivity contribution in [2.24, 2.45) is 0 Å². The number of aryl methyl sites for hydroxylation is 1. The summed E-state index contributed by atoms with van der Waals surface area (Å²) in [6.07, 6.45) is 1.19. The first-order valence-electron chi connectivity index (χ1n) is 6.78. The lowest BCUT2D eigenvalue weighted by atomic mass is 10.1. The van der Waals surface area contributed by atoms with Crippen molar-refractivity contribution >= 4 is 17.4 Å². The van der Waals surface area contributed by atoms with Crippen LogP contribution >= 0.6 is 0 Å². The number of Topliss-reactive ketones (excluding diaryl/α,β-unsaturated/α-hetero) is 1. The minimum Gasteiger partial charge on any atom is -0.478 e. The van der Waals surface area contributed by atoms with Crippen molar-refractivity contribution in [1.82, 2.24) is 0 Å². The Morgan fingerprint density at radius 1 is 1.00 bits per heavy atom. The summed E-state index contributed by atoms with van der Waals surface area (Å²) in [4.78, 5) is 22.7. The molecular formula is C17H17NO3. The van der Waals surface area contributed by atoms with E-state index in [1.54, 1.807) is 12.1 Å².